The highest BCUT2D eigenvalue weighted by Gasteiger charge is 2.40. The number of ether oxygens (including phenoxy) is 1. The first-order valence-electron chi connectivity index (χ1n) is 9.43. The Hall–Kier alpha value is -1.89. The van der Waals surface area contributed by atoms with Crippen LogP contribution in [0, 0.1) is 5.41 Å². The lowest BCUT2D eigenvalue weighted by Gasteiger charge is -2.22. The van der Waals surface area contributed by atoms with Crippen LogP contribution in [0.25, 0.3) is 5.69 Å². The molecule has 0 bridgehead atoms. The molecule has 146 valence electrons. The molecule has 1 N–H and O–H groups in total. The summed E-state index contributed by atoms with van der Waals surface area (Å²) in [5, 5.41) is 8.03. The quantitative estimate of drug-likeness (QED) is 0.795. The third-order valence-corrected chi connectivity index (χ3v) is 5.52. The molecule has 0 aliphatic carbocycles. The molecule has 4 rings (SSSR count). The summed E-state index contributed by atoms with van der Waals surface area (Å²) < 4.78 is 7.01. The smallest absolute Gasteiger partial charge is 0.359 e. The zero-order valence-corrected chi connectivity index (χ0v) is 16.5. The Morgan fingerprint density at radius 1 is 1.30 bits per heavy atom. The van der Waals surface area contributed by atoms with Crippen molar-refractivity contribution in [1.82, 2.24) is 20.0 Å². The Balaban J connectivity index is 0.00000210. The van der Waals surface area contributed by atoms with Gasteiger partial charge in [-0.15, -0.1) is 12.4 Å². The maximum Gasteiger partial charge on any atom is 0.359 e. The van der Waals surface area contributed by atoms with Gasteiger partial charge < -0.3 is 10.1 Å². The summed E-state index contributed by atoms with van der Waals surface area (Å²) in [6, 6.07) is 9.89. The Labute approximate surface area is 166 Å². The first-order chi connectivity index (χ1) is 12.7. The number of nitrogens with one attached hydrogen (secondary N) is 1. The molecule has 1 spiro atoms. The van der Waals surface area contributed by atoms with Gasteiger partial charge in [0.25, 0.3) is 0 Å². The molecule has 2 saturated heterocycles. The van der Waals surface area contributed by atoms with Crippen LogP contribution in [-0.2, 0) is 11.3 Å². The largest absolute Gasteiger partial charge is 0.461 e. The van der Waals surface area contributed by atoms with E-state index in [0.29, 0.717) is 17.7 Å². The second-order valence-electron chi connectivity index (χ2n) is 7.39. The van der Waals surface area contributed by atoms with Crippen molar-refractivity contribution < 1.29 is 9.53 Å². The molecule has 27 heavy (non-hydrogen) atoms. The molecule has 7 heteroatoms. The van der Waals surface area contributed by atoms with Crippen molar-refractivity contribution in [2.45, 2.75) is 26.3 Å². The van der Waals surface area contributed by atoms with Crippen molar-refractivity contribution >= 4 is 18.4 Å². The minimum atomic E-state index is -0.339. The van der Waals surface area contributed by atoms with Crippen molar-refractivity contribution in [3.8, 4) is 5.69 Å². The molecule has 1 aromatic heterocycles. The lowest BCUT2D eigenvalue weighted by molar-refractivity contribution is 0.0516. The van der Waals surface area contributed by atoms with Gasteiger partial charge in [0.1, 0.15) is 0 Å². The number of para-hydroxylation sites is 1. The molecular formula is C20H27ClN4O2. The Morgan fingerprint density at radius 3 is 2.81 bits per heavy atom. The van der Waals surface area contributed by atoms with Crippen LogP contribution >= 0.6 is 12.4 Å². The van der Waals surface area contributed by atoms with E-state index in [1.165, 1.54) is 12.8 Å². The summed E-state index contributed by atoms with van der Waals surface area (Å²) in [6.07, 6.45) is 4.44. The van der Waals surface area contributed by atoms with Gasteiger partial charge in [-0.1, -0.05) is 18.2 Å². The lowest BCUT2D eigenvalue weighted by Crippen LogP contribution is -2.29. The van der Waals surface area contributed by atoms with Crippen LogP contribution in [0.4, 0.5) is 0 Å². The molecule has 0 radical (unpaired) electrons. The summed E-state index contributed by atoms with van der Waals surface area (Å²) >= 11 is 0. The zero-order valence-electron chi connectivity index (χ0n) is 15.7. The first kappa shape index (κ1) is 19.9. The van der Waals surface area contributed by atoms with Crippen molar-refractivity contribution in [2.24, 2.45) is 5.41 Å². The van der Waals surface area contributed by atoms with Gasteiger partial charge in [-0.05, 0) is 50.4 Å². The highest BCUT2D eigenvalue weighted by Crippen LogP contribution is 2.36. The van der Waals surface area contributed by atoms with Crippen molar-refractivity contribution in [3.05, 3.63) is 47.8 Å². The summed E-state index contributed by atoms with van der Waals surface area (Å²) in [6.45, 7) is 7.30. The number of likely N-dealkylation sites (tertiary alicyclic amines) is 1. The number of halogens is 1. The fourth-order valence-electron chi connectivity index (χ4n) is 4.16. The molecule has 6 nitrogen and oxygen atoms in total. The van der Waals surface area contributed by atoms with Gasteiger partial charge in [0, 0.05) is 31.4 Å². The van der Waals surface area contributed by atoms with E-state index < -0.39 is 0 Å². The number of hydrogen-bond donors (Lipinski definition) is 1. The lowest BCUT2D eigenvalue weighted by atomic mass is 9.86. The molecule has 2 aliphatic rings. The molecule has 1 aromatic carbocycles. The fraction of sp³-hybridized carbons (Fsp3) is 0.500. The van der Waals surface area contributed by atoms with E-state index in [2.05, 4.69) is 15.3 Å². The van der Waals surface area contributed by atoms with E-state index in [0.717, 1.165) is 44.0 Å². The number of nitrogens with zero attached hydrogens (tertiary/aromatic N) is 3. The SMILES string of the molecule is CCOC(=O)c1nn(-c2ccccc2)cc1CN1CCC2(CCNC2)C1.Cl. The zero-order chi connectivity index (χ0) is 18.0. The van der Waals surface area contributed by atoms with Crippen LogP contribution in [0.1, 0.15) is 35.8 Å². The second-order valence-corrected chi connectivity index (χ2v) is 7.39. The number of rotatable bonds is 5. The van der Waals surface area contributed by atoms with Gasteiger partial charge in [-0.2, -0.15) is 5.10 Å². The molecule has 2 fully saturated rings. The molecule has 0 amide bonds. The van der Waals surface area contributed by atoms with Crippen LogP contribution in [0.2, 0.25) is 0 Å². The van der Waals surface area contributed by atoms with E-state index >= 15 is 0 Å². The summed E-state index contributed by atoms with van der Waals surface area (Å²) in [4.78, 5) is 14.9. The van der Waals surface area contributed by atoms with Crippen LogP contribution in [0.3, 0.4) is 0 Å². The summed E-state index contributed by atoms with van der Waals surface area (Å²) in [5.74, 6) is -0.339. The molecule has 3 heterocycles. The standard InChI is InChI=1S/C20H26N4O2.ClH/c1-2-26-19(25)18-16(13-24(22-18)17-6-4-3-5-7-17)12-23-11-9-20(15-23)8-10-21-14-20;/h3-7,13,21H,2,8-12,14-15H2,1H3;1H. The molecule has 2 aromatic rings. The number of esters is 1. The van der Waals surface area contributed by atoms with E-state index in [1.54, 1.807) is 4.68 Å². The predicted octanol–water partition coefficient (Wildman–Crippen LogP) is 2.66. The maximum absolute atomic E-state index is 12.4. The average Bonchev–Trinajstić information content (AvgIpc) is 3.38. The van der Waals surface area contributed by atoms with E-state index in [-0.39, 0.29) is 18.4 Å². The van der Waals surface area contributed by atoms with Crippen molar-refractivity contribution in [1.29, 1.82) is 0 Å². The van der Waals surface area contributed by atoms with Crippen molar-refractivity contribution in [3.63, 3.8) is 0 Å². The molecule has 2 aliphatic heterocycles. The van der Waals surface area contributed by atoms with E-state index in [9.17, 15) is 4.79 Å². The Bertz CT molecular complexity index is 772. The van der Waals surface area contributed by atoms with Crippen LogP contribution in [0.15, 0.2) is 36.5 Å². The summed E-state index contributed by atoms with van der Waals surface area (Å²) in [5.41, 5.74) is 2.73. The van der Waals surface area contributed by atoms with E-state index in [4.69, 9.17) is 4.74 Å². The number of hydrogen-bond acceptors (Lipinski definition) is 5. The minimum Gasteiger partial charge on any atom is -0.461 e. The molecular weight excluding hydrogens is 364 g/mol. The first-order valence-corrected chi connectivity index (χ1v) is 9.43. The average molecular weight is 391 g/mol. The number of aromatic nitrogens is 2. The van der Waals surface area contributed by atoms with Gasteiger partial charge in [0.05, 0.1) is 12.3 Å². The maximum atomic E-state index is 12.4. The number of carbonyl (C=O) groups is 1. The van der Waals surface area contributed by atoms with Gasteiger partial charge in [0.15, 0.2) is 5.69 Å². The topological polar surface area (TPSA) is 59.4 Å². The third kappa shape index (κ3) is 4.18. The van der Waals surface area contributed by atoms with Gasteiger partial charge >= 0.3 is 5.97 Å². The number of carbonyl (C=O) groups excluding carboxylic acids is 1. The Kier molecular flexibility index (Phi) is 6.19. The van der Waals surface area contributed by atoms with Crippen molar-refractivity contribution in [2.75, 3.05) is 32.8 Å². The van der Waals surface area contributed by atoms with Gasteiger partial charge in [-0.25, -0.2) is 9.48 Å². The van der Waals surface area contributed by atoms with Gasteiger partial charge in [-0.3, -0.25) is 4.90 Å². The normalized spacial score (nSPS) is 22.1. The third-order valence-electron chi connectivity index (χ3n) is 5.52. The van der Waals surface area contributed by atoms with E-state index in [1.807, 2.05) is 43.5 Å². The van der Waals surface area contributed by atoms with Crippen LogP contribution in [0.5, 0.6) is 0 Å². The highest BCUT2D eigenvalue weighted by molar-refractivity contribution is 5.88. The van der Waals surface area contributed by atoms with Crippen LogP contribution in [-0.4, -0.2) is 53.4 Å². The molecule has 0 saturated carbocycles. The molecule has 1 atom stereocenters. The van der Waals surface area contributed by atoms with Gasteiger partial charge in [0.2, 0.25) is 0 Å². The predicted molar refractivity (Wildman–Crippen MR) is 107 cm³/mol. The second kappa shape index (κ2) is 8.42. The fourth-order valence-corrected chi connectivity index (χ4v) is 4.16. The monoisotopic (exact) mass is 390 g/mol. The number of benzene rings is 1. The summed E-state index contributed by atoms with van der Waals surface area (Å²) in [7, 11) is 0. The Morgan fingerprint density at radius 2 is 2.11 bits per heavy atom. The minimum absolute atomic E-state index is 0. The highest BCUT2D eigenvalue weighted by atomic mass is 35.5. The molecule has 1 unspecified atom stereocenters. The van der Waals surface area contributed by atoms with Crippen LogP contribution < -0.4 is 5.32 Å².